The molecule has 2 N–H and O–H groups in total. The summed E-state index contributed by atoms with van der Waals surface area (Å²) in [6.45, 7) is 2.49. The van der Waals surface area contributed by atoms with Gasteiger partial charge in [-0.1, -0.05) is 42.5 Å². The molecule has 0 fully saturated rings. The van der Waals surface area contributed by atoms with Crippen molar-refractivity contribution in [3.05, 3.63) is 65.7 Å². The van der Waals surface area contributed by atoms with Gasteiger partial charge in [0.25, 0.3) is 0 Å². The van der Waals surface area contributed by atoms with Gasteiger partial charge in [-0.15, -0.1) is 0 Å². The Morgan fingerprint density at radius 1 is 1.22 bits per heavy atom. The Bertz CT molecular complexity index is 816. The van der Waals surface area contributed by atoms with Gasteiger partial charge in [0.05, 0.1) is 7.11 Å². The molecular formula is C22H27N3O2. The average molecular weight is 365 g/mol. The second-order valence-electron chi connectivity index (χ2n) is 6.51. The number of phenolic OH excluding ortho intramolecular Hbond substituents is 1. The van der Waals surface area contributed by atoms with Gasteiger partial charge >= 0.3 is 0 Å². The molecule has 0 spiro atoms. The molecule has 0 atom stereocenters. The van der Waals surface area contributed by atoms with Gasteiger partial charge in [-0.05, 0) is 35.6 Å². The second-order valence-corrected chi connectivity index (χ2v) is 6.51. The Labute approximate surface area is 161 Å². The number of hydrogen-bond acceptors (Lipinski definition) is 3. The van der Waals surface area contributed by atoms with Gasteiger partial charge in [0.1, 0.15) is 11.5 Å². The molecule has 27 heavy (non-hydrogen) atoms. The van der Waals surface area contributed by atoms with Crippen molar-refractivity contribution in [3.63, 3.8) is 0 Å². The number of nitrogens with zero attached hydrogens (tertiary/aromatic N) is 2. The zero-order chi connectivity index (χ0) is 19.1. The molecular weight excluding hydrogens is 338 g/mol. The molecule has 0 unspecified atom stereocenters. The molecule has 0 aromatic heterocycles. The summed E-state index contributed by atoms with van der Waals surface area (Å²) >= 11 is 0. The van der Waals surface area contributed by atoms with Crippen molar-refractivity contribution >= 4 is 11.5 Å². The fraction of sp³-hybridized carbons (Fsp3) is 0.318. The van der Waals surface area contributed by atoms with E-state index in [1.54, 1.807) is 13.2 Å². The Morgan fingerprint density at radius 3 is 2.67 bits per heavy atom. The van der Waals surface area contributed by atoms with Crippen LogP contribution in [0.3, 0.4) is 0 Å². The van der Waals surface area contributed by atoms with Gasteiger partial charge in [0.2, 0.25) is 0 Å². The molecule has 0 bridgehead atoms. The van der Waals surface area contributed by atoms with E-state index in [2.05, 4.69) is 45.6 Å². The van der Waals surface area contributed by atoms with Crippen molar-refractivity contribution in [2.75, 3.05) is 33.8 Å². The number of guanidine groups is 1. The summed E-state index contributed by atoms with van der Waals surface area (Å²) in [5.41, 5.74) is 3.59. The van der Waals surface area contributed by atoms with E-state index in [1.807, 2.05) is 25.2 Å². The lowest BCUT2D eigenvalue weighted by molar-refractivity contribution is 0.406. The smallest absolute Gasteiger partial charge is 0.193 e. The second kappa shape index (κ2) is 9.12. The van der Waals surface area contributed by atoms with E-state index < -0.39 is 0 Å². The lowest BCUT2D eigenvalue weighted by Crippen LogP contribution is -2.44. The van der Waals surface area contributed by atoms with E-state index in [-0.39, 0.29) is 5.75 Å². The van der Waals surface area contributed by atoms with Gasteiger partial charge in [0.15, 0.2) is 5.96 Å². The maximum absolute atomic E-state index is 10.1. The zero-order valence-electron chi connectivity index (χ0n) is 16.0. The summed E-state index contributed by atoms with van der Waals surface area (Å²) in [6, 6.07) is 15.9. The Balaban J connectivity index is 1.54. The summed E-state index contributed by atoms with van der Waals surface area (Å²) < 4.78 is 5.12. The van der Waals surface area contributed by atoms with Crippen LogP contribution in [0.1, 0.15) is 17.5 Å². The van der Waals surface area contributed by atoms with Crippen LogP contribution in [0, 0.1) is 0 Å². The molecule has 0 radical (unpaired) electrons. The SMILES string of the molecule is CN=C(NCCc1ccc(OC)cc1O)N1CC=C(c2ccccc2)CC1. The molecule has 3 rings (SSSR count). The first-order valence-corrected chi connectivity index (χ1v) is 9.27. The first-order valence-electron chi connectivity index (χ1n) is 9.27. The van der Waals surface area contributed by atoms with Crippen LogP contribution >= 0.6 is 0 Å². The highest BCUT2D eigenvalue weighted by molar-refractivity contribution is 5.81. The molecule has 5 heteroatoms. The Morgan fingerprint density at radius 2 is 2.04 bits per heavy atom. The van der Waals surface area contributed by atoms with E-state index >= 15 is 0 Å². The number of rotatable bonds is 5. The molecule has 0 aliphatic carbocycles. The maximum atomic E-state index is 10.1. The first-order chi connectivity index (χ1) is 13.2. The molecule has 2 aromatic carbocycles. The van der Waals surface area contributed by atoms with Crippen LogP contribution in [0.2, 0.25) is 0 Å². The van der Waals surface area contributed by atoms with Crippen molar-refractivity contribution in [1.29, 1.82) is 0 Å². The molecule has 142 valence electrons. The minimum absolute atomic E-state index is 0.263. The first kappa shape index (κ1) is 18.8. The number of benzene rings is 2. The fourth-order valence-corrected chi connectivity index (χ4v) is 3.30. The molecule has 2 aromatic rings. The van der Waals surface area contributed by atoms with Crippen molar-refractivity contribution in [2.24, 2.45) is 4.99 Å². The average Bonchev–Trinajstić information content (AvgIpc) is 2.73. The van der Waals surface area contributed by atoms with Crippen LogP contribution in [0.4, 0.5) is 0 Å². The number of phenols is 1. The lowest BCUT2D eigenvalue weighted by atomic mass is 10.00. The monoisotopic (exact) mass is 365 g/mol. The van der Waals surface area contributed by atoms with Crippen LogP contribution in [0.15, 0.2) is 59.6 Å². The van der Waals surface area contributed by atoms with Crippen LogP contribution in [-0.2, 0) is 6.42 Å². The maximum Gasteiger partial charge on any atom is 0.193 e. The van der Waals surface area contributed by atoms with Crippen LogP contribution in [0.5, 0.6) is 11.5 Å². The van der Waals surface area contributed by atoms with Gasteiger partial charge in [-0.2, -0.15) is 0 Å². The highest BCUT2D eigenvalue weighted by atomic mass is 16.5. The Hall–Kier alpha value is -2.95. The van der Waals surface area contributed by atoms with Crippen molar-refractivity contribution in [1.82, 2.24) is 10.2 Å². The van der Waals surface area contributed by atoms with E-state index in [0.29, 0.717) is 18.7 Å². The molecule has 1 aliphatic heterocycles. The van der Waals surface area contributed by atoms with Gasteiger partial charge in [-0.25, -0.2) is 0 Å². The van der Waals surface area contributed by atoms with Crippen molar-refractivity contribution in [2.45, 2.75) is 12.8 Å². The third-order valence-corrected chi connectivity index (χ3v) is 4.83. The van der Waals surface area contributed by atoms with E-state index in [1.165, 1.54) is 11.1 Å². The van der Waals surface area contributed by atoms with Crippen LogP contribution in [0.25, 0.3) is 5.57 Å². The number of hydrogen-bond donors (Lipinski definition) is 2. The molecule has 1 aliphatic rings. The number of aliphatic imine (C=N–C) groups is 1. The molecule has 0 amide bonds. The number of nitrogens with one attached hydrogen (secondary N) is 1. The normalized spacial score (nSPS) is 14.7. The number of aromatic hydroxyl groups is 1. The van der Waals surface area contributed by atoms with Crippen LogP contribution in [-0.4, -0.2) is 49.8 Å². The molecule has 5 nitrogen and oxygen atoms in total. The summed E-state index contributed by atoms with van der Waals surface area (Å²) in [5.74, 6) is 1.82. The highest BCUT2D eigenvalue weighted by Gasteiger charge is 2.16. The lowest BCUT2D eigenvalue weighted by Gasteiger charge is -2.29. The number of ether oxygens (including phenoxy) is 1. The third-order valence-electron chi connectivity index (χ3n) is 4.83. The number of methoxy groups -OCH3 is 1. The predicted octanol–water partition coefficient (Wildman–Crippen LogP) is 3.31. The standard InChI is InChI=1S/C22H27N3O2/c1-23-22(24-13-10-19-8-9-20(27-2)16-21(19)26)25-14-11-18(12-15-25)17-6-4-3-5-7-17/h3-9,11,16,26H,10,12-15H2,1-2H3,(H,23,24). The molecule has 1 heterocycles. The quantitative estimate of drug-likeness (QED) is 0.630. The molecule has 0 saturated heterocycles. The Kier molecular flexibility index (Phi) is 6.36. The van der Waals surface area contributed by atoms with E-state index in [4.69, 9.17) is 4.74 Å². The zero-order valence-corrected chi connectivity index (χ0v) is 16.0. The van der Waals surface area contributed by atoms with Gasteiger partial charge < -0.3 is 20.1 Å². The van der Waals surface area contributed by atoms with Crippen molar-refractivity contribution < 1.29 is 9.84 Å². The largest absolute Gasteiger partial charge is 0.508 e. The van der Waals surface area contributed by atoms with E-state index in [9.17, 15) is 5.11 Å². The summed E-state index contributed by atoms with van der Waals surface area (Å²) in [5, 5.41) is 13.5. The predicted molar refractivity (Wildman–Crippen MR) is 110 cm³/mol. The fourth-order valence-electron chi connectivity index (χ4n) is 3.30. The summed E-state index contributed by atoms with van der Waals surface area (Å²) in [6.07, 6.45) is 4.00. The minimum Gasteiger partial charge on any atom is -0.508 e. The van der Waals surface area contributed by atoms with Gasteiger partial charge in [0, 0.05) is 32.7 Å². The van der Waals surface area contributed by atoms with Crippen LogP contribution < -0.4 is 10.1 Å². The molecule has 0 saturated carbocycles. The summed E-state index contributed by atoms with van der Waals surface area (Å²) in [4.78, 5) is 6.66. The minimum atomic E-state index is 0.263. The van der Waals surface area contributed by atoms with Crippen molar-refractivity contribution in [3.8, 4) is 11.5 Å². The highest BCUT2D eigenvalue weighted by Crippen LogP contribution is 2.24. The topological polar surface area (TPSA) is 57.1 Å². The summed E-state index contributed by atoms with van der Waals surface area (Å²) in [7, 11) is 3.40. The van der Waals surface area contributed by atoms with E-state index in [0.717, 1.165) is 31.0 Å². The third kappa shape index (κ3) is 4.82. The van der Waals surface area contributed by atoms with Gasteiger partial charge in [-0.3, -0.25) is 4.99 Å².